The number of nitrogens with one attached hydrogen (secondary N) is 1. The summed E-state index contributed by atoms with van der Waals surface area (Å²) >= 11 is 0. The highest BCUT2D eigenvalue weighted by Gasteiger charge is 2.25. The van der Waals surface area contributed by atoms with Gasteiger partial charge in [-0.15, -0.1) is 0 Å². The summed E-state index contributed by atoms with van der Waals surface area (Å²) < 4.78 is 6.94. The van der Waals surface area contributed by atoms with E-state index < -0.39 is 0 Å². The number of aromatic nitrogens is 1. The maximum atomic E-state index is 12.4. The Morgan fingerprint density at radius 2 is 1.90 bits per heavy atom. The zero-order valence-corrected chi connectivity index (χ0v) is 16.9. The molecule has 2 aromatic heterocycles. The second-order valence-corrected chi connectivity index (χ2v) is 6.93. The standard InChI is InChI=1S/C21H29N5O3/c1-2-22-21(23-10-4-6-12-24-11-5-3-9-19(24)27)26-15-13-25(14-16-26)20(28)18-8-7-17-29-18/h3,5,7-9,11,17H,2,4,6,10,12-16H2,1H3,(H,22,23). The molecule has 0 aromatic carbocycles. The number of unbranched alkanes of at least 4 members (excludes halogenated alkanes) is 1. The Morgan fingerprint density at radius 1 is 1.10 bits per heavy atom. The third kappa shape index (κ3) is 5.73. The van der Waals surface area contributed by atoms with Crippen LogP contribution in [0.5, 0.6) is 0 Å². The molecule has 1 fully saturated rings. The number of pyridine rings is 1. The van der Waals surface area contributed by atoms with Crippen LogP contribution in [0.1, 0.15) is 30.3 Å². The topological polar surface area (TPSA) is 83.1 Å². The van der Waals surface area contributed by atoms with E-state index in [9.17, 15) is 9.59 Å². The van der Waals surface area contributed by atoms with Crippen LogP contribution in [-0.2, 0) is 6.54 Å². The van der Waals surface area contributed by atoms with E-state index in [1.165, 1.54) is 6.26 Å². The summed E-state index contributed by atoms with van der Waals surface area (Å²) in [4.78, 5) is 32.8. The van der Waals surface area contributed by atoms with Crippen LogP contribution in [0.4, 0.5) is 0 Å². The van der Waals surface area contributed by atoms with Gasteiger partial charge in [-0.3, -0.25) is 14.6 Å². The highest BCUT2D eigenvalue weighted by Crippen LogP contribution is 2.09. The first kappa shape index (κ1) is 20.7. The van der Waals surface area contributed by atoms with Crippen LogP contribution in [0.2, 0.25) is 0 Å². The second-order valence-electron chi connectivity index (χ2n) is 6.93. The lowest BCUT2D eigenvalue weighted by molar-refractivity contribution is 0.0657. The maximum Gasteiger partial charge on any atom is 0.289 e. The molecule has 0 atom stereocenters. The third-order valence-corrected chi connectivity index (χ3v) is 4.90. The summed E-state index contributed by atoms with van der Waals surface area (Å²) in [6, 6.07) is 8.64. The van der Waals surface area contributed by atoms with E-state index in [1.54, 1.807) is 28.8 Å². The summed E-state index contributed by atoms with van der Waals surface area (Å²) in [6.45, 7) is 7.00. The smallest absolute Gasteiger partial charge is 0.289 e. The van der Waals surface area contributed by atoms with Crippen molar-refractivity contribution in [1.29, 1.82) is 0 Å². The first-order valence-corrected chi connectivity index (χ1v) is 10.2. The first-order chi connectivity index (χ1) is 14.2. The van der Waals surface area contributed by atoms with Crippen LogP contribution >= 0.6 is 0 Å². The van der Waals surface area contributed by atoms with Gasteiger partial charge in [0.1, 0.15) is 0 Å². The molecule has 0 bridgehead atoms. The molecule has 1 aliphatic heterocycles. The van der Waals surface area contributed by atoms with Gasteiger partial charge in [-0.1, -0.05) is 6.07 Å². The minimum absolute atomic E-state index is 0.0336. The molecule has 156 valence electrons. The van der Waals surface area contributed by atoms with Crippen molar-refractivity contribution in [2.75, 3.05) is 39.3 Å². The normalized spacial score (nSPS) is 14.9. The summed E-state index contributed by atoms with van der Waals surface area (Å²) in [5, 5.41) is 3.34. The molecule has 0 radical (unpaired) electrons. The molecular formula is C21H29N5O3. The Balaban J connectivity index is 1.46. The van der Waals surface area contributed by atoms with Gasteiger partial charge >= 0.3 is 0 Å². The lowest BCUT2D eigenvalue weighted by atomic mass is 10.3. The van der Waals surface area contributed by atoms with E-state index in [-0.39, 0.29) is 11.5 Å². The van der Waals surface area contributed by atoms with Gasteiger partial charge in [-0.2, -0.15) is 0 Å². The number of carbonyl (C=O) groups excluding carboxylic acids is 1. The number of guanidine groups is 1. The van der Waals surface area contributed by atoms with Gasteiger partial charge in [0, 0.05) is 58.1 Å². The number of aryl methyl sites for hydroxylation is 1. The van der Waals surface area contributed by atoms with Crippen LogP contribution in [0.25, 0.3) is 0 Å². The molecule has 0 spiro atoms. The van der Waals surface area contributed by atoms with Crippen LogP contribution in [0, 0.1) is 0 Å². The van der Waals surface area contributed by atoms with E-state index in [4.69, 9.17) is 9.41 Å². The Morgan fingerprint density at radius 3 is 2.59 bits per heavy atom. The molecule has 1 amide bonds. The Bertz CT molecular complexity index is 851. The summed E-state index contributed by atoms with van der Waals surface area (Å²) in [7, 11) is 0. The third-order valence-electron chi connectivity index (χ3n) is 4.90. The fourth-order valence-electron chi connectivity index (χ4n) is 3.33. The van der Waals surface area contributed by atoms with Crippen LogP contribution in [-0.4, -0.2) is 65.5 Å². The van der Waals surface area contributed by atoms with E-state index in [1.807, 2.05) is 24.1 Å². The van der Waals surface area contributed by atoms with Crippen molar-refractivity contribution in [3.05, 3.63) is 58.9 Å². The Labute approximate surface area is 170 Å². The molecule has 3 rings (SSSR count). The summed E-state index contributed by atoms with van der Waals surface area (Å²) in [5.74, 6) is 1.21. The van der Waals surface area contributed by atoms with E-state index in [0.29, 0.717) is 31.9 Å². The van der Waals surface area contributed by atoms with Crippen LogP contribution in [0.3, 0.4) is 0 Å². The molecule has 1 N–H and O–H groups in total. The van der Waals surface area contributed by atoms with Gasteiger partial charge in [0.2, 0.25) is 5.56 Å². The van der Waals surface area contributed by atoms with Crippen molar-refractivity contribution in [3.63, 3.8) is 0 Å². The number of piperazine rings is 1. The zero-order valence-electron chi connectivity index (χ0n) is 16.9. The predicted molar refractivity (Wildman–Crippen MR) is 112 cm³/mol. The second kappa shape index (κ2) is 10.5. The van der Waals surface area contributed by atoms with Gasteiger partial charge < -0.3 is 24.1 Å². The van der Waals surface area contributed by atoms with Crippen molar-refractivity contribution >= 4 is 11.9 Å². The number of hydrogen-bond donors (Lipinski definition) is 1. The Hall–Kier alpha value is -3.03. The molecule has 0 saturated carbocycles. The van der Waals surface area contributed by atoms with Gasteiger partial charge in [-0.05, 0) is 38.0 Å². The molecular weight excluding hydrogens is 370 g/mol. The number of nitrogens with zero attached hydrogens (tertiary/aromatic N) is 4. The molecule has 29 heavy (non-hydrogen) atoms. The number of aliphatic imine (C=N–C) groups is 1. The SMILES string of the molecule is CCNC(=NCCCCn1ccccc1=O)N1CCN(C(=O)c2ccco2)CC1. The van der Waals surface area contributed by atoms with Gasteiger partial charge in [0.15, 0.2) is 11.7 Å². The molecule has 1 aliphatic rings. The summed E-state index contributed by atoms with van der Waals surface area (Å²) in [6.07, 6.45) is 5.15. The van der Waals surface area contributed by atoms with Gasteiger partial charge in [-0.25, -0.2) is 0 Å². The number of rotatable bonds is 7. The molecule has 0 aliphatic carbocycles. The average Bonchev–Trinajstić information content (AvgIpc) is 3.28. The highest BCUT2D eigenvalue weighted by atomic mass is 16.3. The van der Waals surface area contributed by atoms with Crippen LogP contribution in [0.15, 0.2) is 57.0 Å². The fourth-order valence-corrected chi connectivity index (χ4v) is 3.33. The number of furan rings is 1. The lowest BCUT2D eigenvalue weighted by Crippen LogP contribution is -2.53. The fraction of sp³-hybridized carbons (Fsp3) is 0.476. The monoisotopic (exact) mass is 399 g/mol. The first-order valence-electron chi connectivity index (χ1n) is 10.2. The van der Waals surface area contributed by atoms with Crippen molar-refractivity contribution in [3.8, 4) is 0 Å². The quantitative estimate of drug-likeness (QED) is 0.435. The van der Waals surface area contributed by atoms with Crippen molar-refractivity contribution in [2.45, 2.75) is 26.3 Å². The average molecular weight is 399 g/mol. The minimum atomic E-state index is -0.0623. The predicted octanol–water partition coefficient (Wildman–Crippen LogP) is 1.65. The maximum absolute atomic E-state index is 12.4. The van der Waals surface area contributed by atoms with Gasteiger partial charge in [0.05, 0.1) is 6.26 Å². The zero-order chi connectivity index (χ0) is 20.5. The van der Waals surface area contributed by atoms with E-state index >= 15 is 0 Å². The van der Waals surface area contributed by atoms with Crippen molar-refractivity contribution in [2.24, 2.45) is 4.99 Å². The van der Waals surface area contributed by atoms with Gasteiger partial charge in [0.25, 0.3) is 5.91 Å². The molecule has 3 heterocycles. The number of carbonyl (C=O) groups is 1. The molecule has 2 aromatic rings. The van der Waals surface area contributed by atoms with Crippen molar-refractivity contribution in [1.82, 2.24) is 19.7 Å². The largest absolute Gasteiger partial charge is 0.459 e. The van der Waals surface area contributed by atoms with Crippen LogP contribution < -0.4 is 10.9 Å². The van der Waals surface area contributed by atoms with E-state index in [0.717, 1.165) is 38.4 Å². The molecule has 0 unspecified atom stereocenters. The lowest BCUT2D eigenvalue weighted by Gasteiger charge is -2.36. The minimum Gasteiger partial charge on any atom is -0.459 e. The molecule has 8 nitrogen and oxygen atoms in total. The van der Waals surface area contributed by atoms with Crippen molar-refractivity contribution < 1.29 is 9.21 Å². The Kier molecular flexibility index (Phi) is 7.49. The summed E-state index contributed by atoms with van der Waals surface area (Å²) in [5.41, 5.74) is 0.0336. The number of hydrogen-bond acceptors (Lipinski definition) is 4. The highest BCUT2D eigenvalue weighted by molar-refractivity contribution is 5.91. The molecule has 8 heteroatoms. The van der Waals surface area contributed by atoms with E-state index in [2.05, 4.69) is 10.2 Å². The molecule has 1 saturated heterocycles. The number of amides is 1.